The third kappa shape index (κ3) is 6.19. The molecule has 3 fully saturated rings. The van der Waals surface area contributed by atoms with Crippen LogP contribution in [0.5, 0.6) is 5.75 Å². The Morgan fingerprint density at radius 2 is 1.76 bits per heavy atom. The number of piperazine rings is 1. The quantitative estimate of drug-likeness (QED) is 0.123. The minimum absolute atomic E-state index is 0.0332. The number of hydrogen-bond acceptors (Lipinski definition) is 9. The van der Waals surface area contributed by atoms with Gasteiger partial charge in [0.2, 0.25) is 23.6 Å². The maximum atomic E-state index is 13.4. The van der Waals surface area contributed by atoms with Crippen molar-refractivity contribution in [2.45, 2.75) is 60.8 Å². The molecule has 224 valence electrons. The highest BCUT2D eigenvalue weighted by molar-refractivity contribution is 6.01. The van der Waals surface area contributed by atoms with E-state index in [4.69, 9.17) is 5.73 Å². The predicted molar refractivity (Wildman–Crippen MR) is 129 cm³/mol. The lowest BCUT2D eigenvalue weighted by Gasteiger charge is -2.37. The summed E-state index contributed by atoms with van der Waals surface area (Å²) in [7, 11) is 0. The van der Waals surface area contributed by atoms with Crippen molar-refractivity contribution in [2.75, 3.05) is 19.7 Å². The summed E-state index contributed by atoms with van der Waals surface area (Å²) in [6.07, 6.45) is -4.75. The topological polar surface area (TPSA) is 201 Å². The van der Waals surface area contributed by atoms with Gasteiger partial charge in [-0.15, -0.1) is 0 Å². The summed E-state index contributed by atoms with van der Waals surface area (Å²) in [5.41, 5.74) is 2.28. The van der Waals surface area contributed by atoms with Gasteiger partial charge < -0.3 is 42.2 Å². The summed E-state index contributed by atoms with van der Waals surface area (Å²) >= 11 is 0. The number of halogens is 4. The molecule has 8 N–H and O–H groups in total. The molecule has 0 aromatic heterocycles. The van der Waals surface area contributed by atoms with Crippen LogP contribution < -0.4 is 32.3 Å². The third-order valence-electron chi connectivity index (χ3n) is 7.33. The number of primary amides is 1. The van der Waals surface area contributed by atoms with Crippen LogP contribution in [0.15, 0.2) is 24.3 Å². The molecule has 1 aromatic rings. The van der Waals surface area contributed by atoms with Crippen LogP contribution in [0.4, 0.5) is 17.6 Å². The van der Waals surface area contributed by atoms with Gasteiger partial charge in [-0.05, 0) is 17.7 Å². The number of amides is 4. The average Bonchev–Trinajstić information content (AvgIpc) is 3.54. The maximum Gasteiger partial charge on any atom is 0.340 e. The number of phenolic OH excluding ortho intramolecular Hbond substituents is 1. The van der Waals surface area contributed by atoms with Gasteiger partial charge >= 0.3 is 18.3 Å². The molecule has 5 atom stereocenters. The second-order valence-electron chi connectivity index (χ2n) is 10.4. The molecule has 3 saturated heterocycles. The molecule has 0 radical (unpaired) electrons. The first-order chi connectivity index (χ1) is 19.2. The van der Waals surface area contributed by atoms with E-state index in [1.54, 1.807) is 12.1 Å². The molecule has 1 spiro atoms. The highest BCUT2D eigenvalue weighted by Crippen LogP contribution is 2.28. The Morgan fingerprint density at radius 3 is 2.37 bits per heavy atom. The normalized spacial score (nSPS) is 29.7. The van der Waals surface area contributed by atoms with Crippen molar-refractivity contribution in [3.8, 4) is 5.75 Å². The molecule has 17 heteroatoms. The first-order valence-electron chi connectivity index (χ1n) is 12.5. The summed E-state index contributed by atoms with van der Waals surface area (Å²) in [4.78, 5) is 63.5. The Kier molecular flexibility index (Phi) is 8.13. The van der Waals surface area contributed by atoms with Crippen LogP contribution in [-0.2, 0) is 35.1 Å². The lowest BCUT2D eigenvalue weighted by Crippen LogP contribution is -2.70. The van der Waals surface area contributed by atoms with E-state index in [0.29, 0.717) is 5.56 Å². The number of phenols is 1. The first kappa shape index (κ1) is 30.0. The smallest absolute Gasteiger partial charge is 0.340 e. The summed E-state index contributed by atoms with van der Waals surface area (Å²) < 4.78 is 56.2. The van der Waals surface area contributed by atoms with Gasteiger partial charge in [-0.1, -0.05) is 12.1 Å². The van der Waals surface area contributed by atoms with Crippen LogP contribution in [0.25, 0.3) is 0 Å². The van der Waals surface area contributed by atoms with E-state index in [-0.39, 0.29) is 25.1 Å². The zero-order valence-corrected chi connectivity index (χ0v) is 21.3. The molecule has 4 amide bonds. The monoisotopic (exact) mass is 588 g/mol. The van der Waals surface area contributed by atoms with Gasteiger partial charge in [-0.2, -0.15) is 8.78 Å². The van der Waals surface area contributed by atoms with Gasteiger partial charge in [0.05, 0.1) is 12.1 Å². The number of alkyl halides is 4. The molecule has 3 heterocycles. The third-order valence-corrected chi connectivity index (χ3v) is 7.33. The second kappa shape index (κ2) is 11.1. The Labute approximate surface area is 229 Å². The van der Waals surface area contributed by atoms with Crippen LogP contribution >= 0.6 is 0 Å². The number of nitrogens with one attached hydrogen (secondary N) is 5. The van der Waals surface area contributed by atoms with Crippen molar-refractivity contribution in [3.63, 3.8) is 0 Å². The van der Waals surface area contributed by atoms with E-state index < -0.39 is 90.7 Å². The van der Waals surface area contributed by atoms with Gasteiger partial charge in [0.15, 0.2) is 12.1 Å². The second-order valence-corrected chi connectivity index (χ2v) is 10.4. The molecule has 0 aliphatic carbocycles. The van der Waals surface area contributed by atoms with Crippen molar-refractivity contribution in [3.05, 3.63) is 29.8 Å². The van der Waals surface area contributed by atoms with Crippen LogP contribution in [0, 0.1) is 0 Å². The Morgan fingerprint density at radius 1 is 1.10 bits per heavy atom. The SMILES string of the molecule is NC(=O)[C@@H]1C[C@@](NC(=O)[C@@H]2C[C@@]3(CN2)NC(=O)[C@H](Cc2ccc(O)cc2)NC3=O)(C(=O)OCC(F)(F)C(F)F)CN1. The standard InChI is InChI=1S/C24H28F4N6O7/c25-19(26)24(27,28)10-41-21(40)23(6-14(16(29)36)30-9-23)34-18(38)15-7-22(8-31-15)20(39)32-13(17(37)33-22)5-11-1-3-12(35)4-2-11/h1-4,13-15,19,30-31,35H,5-10H2,(H2,29,36)(H,32,39)(H,33,37)(H,34,38)/t13-,14-,15-,22-,23-/m0/s1. The molecule has 4 rings (SSSR count). The van der Waals surface area contributed by atoms with Crippen molar-refractivity contribution < 1.29 is 51.4 Å². The van der Waals surface area contributed by atoms with Crippen molar-refractivity contribution >= 4 is 29.6 Å². The first-order valence-corrected chi connectivity index (χ1v) is 12.5. The highest BCUT2D eigenvalue weighted by atomic mass is 19.3. The number of carbonyl (C=O) groups is 5. The molecule has 41 heavy (non-hydrogen) atoms. The molecule has 13 nitrogen and oxygen atoms in total. The lowest BCUT2D eigenvalue weighted by atomic mass is 9.89. The fourth-order valence-electron chi connectivity index (χ4n) is 4.98. The lowest BCUT2D eigenvalue weighted by molar-refractivity contribution is -0.184. The number of ether oxygens (including phenoxy) is 1. The average molecular weight is 589 g/mol. The molecule has 0 bridgehead atoms. The van der Waals surface area contributed by atoms with Crippen LogP contribution in [0.3, 0.4) is 0 Å². The summed E-state index contributed by atoms with van der Waals surface area (Å²) in [6, 6.07) is 2.78. The minimum Gasteiger partial charge on any atom is -0.508 e. The van der Waals surface area contributed by atoms with Gasteiger partial charge in [0.1, 0.15) is 17.3 Å². The molecular weight excluding hydrogens is 560 g/mol. The van der Waals surface area contributed by atoms with Gasteiger partial charge in [-0.3, -0.25) is 19.2 Å². The molecule has 3 aliphatic rings. The fourth-order valence-corrected chi connectivity index (χ4v) is 4.98. The van der Waals surface area contributed by atoms with Crippen molar-refractivity contribution in [1.82, 2.24) is 26.6 Å². The summed E-state index contributed by atoms with van der Waals surface area (Å²) in [5, 5.41) is 22.4. The Bertz CT molecular complexity index is 1240. The van der Waals surface area contributed by atoms with Gasteiger partial charge in [0.25, 0.3) is 0 Å². The molecule has 0 saturated carbocycles. The minimum atomic E-state index is -4.65. The van der Waals surface area contributed by atoms with Crippen LogP contribution in [0.2, 0.25) is 0 Å². The van der Waals surface area contributed by atoms with Crippen molar-refractivity contribution in [2.24, 2.45) is 5.73 Å². The molecule has 3 aliphatic heterocycles. The zero-order chi connectivity index (χ0) is 30.2. The molecule has 1 aromatic carbocycles. The maximum absolute atomic E-state index is 13.4. The summed E-state index contributed by atoms with van der Waals surface area (Å²) in [6.45, 7) is -2.63. The number of rotatable bonds is 9. The van der Waals surface area contributed by atoms with E-state index >= 15 is 0 Å². The number of aromatic hydroxyl groups is 1. The molecular formula is C24H28F4N6O7. The number of carbonyl (C=O) groups excluding carboxylic acids is 5. The number of benzene rings is 1. The van der Waals surface area contributed by atoms with Crippen molar-refractivity contribution in [1.29, 1.82) is 0 Å². The zero-order valence-electron chi connectivity index (χ0n) is 21.3. The van der Waals surface area contributed by atoms with Crippen LogP contribution in [-0.4, -0.2) is 96.0 Å². The Balaban J connectivity index is 1.42. The van der Waals surface area contributed by atoms with E-state index in [1.165, 1.54) is 12.1 Å². The van der Waals surface area contributed by atoms with Crippen LogP contribution in [0.1, 0.15) is 18.4 Å². The number of hydrogen-bond donors (Lipinski definition) is 7. The van der Waals surface area contributed by atoms with E-state index in [2.05, 4.69) is 31.3 Å². The fraction of sp³-hybridized carbons (Fsp3) is 0.542. The largest absolute Gasteiger partial charge is 0.508 e. The highest BCUT2D eigenvalue weighted by Gasteiger charge is 2.55. The van der Waals surface area contributed by atoms with E-state index in [9.17, 15) is 46.6 Å². The number of esters is 1. The summed E-state index contributed by atoms with van der Waals surface area (Å²) in [5.74, 6) is -9.04. The predicted octanol–water partition coefficient (Wildman–Crippen LogP) is -2.20. The Hall–Kier alpha value is -3.99. The number of nitrogens with two attached hydrogens (primary N) is 1. The van der Waals surface area contributed by atoms with E-state index in [1.807, 2.05) is 0 Å². The molecule has 0 unspecified atom stereocenters. The van der Waals surface area contributed by atoms with Gasteiger partial charge in [-0.25, -0.2) is 13.6 Å². The van der Waals surface area contributed by atoms with Gasteiger partial charge in [0, 0.05) is 32.4 Å². The van der Waals surface area contributed by atoms with E-state index in [0.717, 1.165) is 0 Å².